The van der Waals surface area contributed by atoms with Gasteiger partial charge >= 0.3 is 6.09 Å². The van der Waals surface area contributed by atoms with Gasteiger partial charge in [0, 0.05) is 5.92 Å². The van der Waals surface area contributed by atoms with Gasteiger partial charge in [-0.25, -0.2) is 13.6 Å². The lowest BCUT2D eigenvalue weighted by molar-refractivity contribution is -0.0349. The number of fused-ring (bicyclic) bond motifs is 3. The Balaban J connectivity index is 1.67. The van der Waals surface area contributed by atoms with Crippen molar-refractivity contribution in [2.75, 3.05) is 13.2 Å². The summed E-state index contributed by atoms with van der Waals surface area (Å²) in [4.78, 5) is 12.5. The lowest BCUT2D eigenvalue weighted by Crippen LogP contribution is -2.52. The Morgan fingerprint density at radius 3 is 2.06 bits per heavy atom. The van der Waals surface area contributed by atoms with Gasteiger partial charge in [-0.2, -0.15) is 0 Å². The second-order valence-corrected chi connectivity index (χ2v) is 14.8. The molecule has 3 rings (SSSR count). The van der Waals surface area contributed by atoms with Crippen LogP contribution < -0.4 is 5.32 Å². The van der Waals surface area contributed by atoms with E-state index >= 15 is 0 Å². The second-order valence-electron chi connectivity index (χ2n) is 9.97. The van der Waals surface area contributed by atoms with Gasteiger partial charge in [0.2, 0.25) is 0 Å². The van der Waals surface area contributed by atoms with Crippen LogP contribution in [0.3, 0.4) is 0 Å². The predicted molar refractivity (Wildman–Crippen MR) is 127 cm³/mol. The topological polar surface area (TPSA) is 67.8 Å². The fraction of sp³-hybridized carbons (Fsp3) is 0.480. The molecule has 2 aromatic rings. The smallest absolute Gasteiger partial charge is 0.407 e. The van der Waals surface area contributed by atoms with Gasteiger partial charge in [-0.15, -0.1) is 0 Å². The molecule has 0 radical (unpaired) electrons. The highest BCUT2D eigenvalue weighted by Crippen LogP contribution is 2.44. The molecule has 0 heterocycles. The number of alkyl halides is 2. The number of alkyl carbamates (subject to hydrolysis) is 1. The molecule has 180 valence electrons. The van der Waals surface area contributed by atoms with Crippen LogP contribution in [0.4, 0.5) is 13.6 Å². The summed E-state index contributed by atoms with van der Waals surface area (Å²) in [6.07, 6.45) is -5.94. The van der Waals surface area contributed by atoms with Gasteiger partial charge in [-0.3, -0.25) is 0 Å². The molecule has 0 aromatic heterocycles. The van der Waals surface area contributed by atoms with E-state index in [-0.39, 0.29) is 24.2 Å². The number of nitrogens with one attached hydrogen (secondary N) is 1. The van der Waals surface area contributed by atoms with Gasteiger partial charge in [0.05, 0.1) is 12.6 Å². The van der Waals surface area contributed by atoms with E-state index in [0.717, 1.165) is 22.3 Å². The normalized spacial score (nSPS) is 15.7. The first-order valence-electron chi connectivity index (χ1n) is 11.1. The van der Waals surface area contributed by atoms with Crippen molar-refractivity contribution in [3.63, 3.8) is 0 Å². The van der Waals surface area contributed by atoms with Crippen molar-refractivity contribution in [3.8, 4) is 11.1 Å². The lowest BCUT2D eigenvalue weighted by Gasteiger charge is -2.37. The maximum absolute atomic E-state index is 13.3. The Hall–Kier alpha value is -2.29. The third-order valence-electron chi connectivity index (χ3n) is 6.75. The van der Waals surface area contributed by atoms with Crippen molar-refractivity contribution in [2.24, 2.45) is 0 Å². The van der Waals surface area contributed by atoms with Crippen LogP contribution in [-0.4, -0.2) is 51.3 Å². The van der Waals surface area contributed by atoms with E-state index in [1.54, 1.807) is 0 Å². The maximum atomic E-state index is 13.3. The molecular formula is C25H33F2NO4Si. The molecule has 8 heteroatoms. The Morgan fingerprint density at radius 2 is 1.58 bits per heavy atom. The second kappa shape index (κ2) is 9.91. The van der Waals surface area contributed by atoms with E-state index in [2.05, 4.69) is 5.32 Å². The van der Waals surface area contributed by atoms with Crippen LogP contribution >= 0.6 is 0 Å². The molecule has 2 atom stereocenters. The number of hydrogen-bond donors (Lipinski definition) is 2. The molecule has 1 amide bonds. The zero-order valence-electron chi connectivity index (χ0n) is 19.8. The minimum Gasteiger partial charge on any atom is -0.449 e. The average Bonchev–Trinajstić information content (AvgIpc) is 3.07. The lowest BCUT2D eigenvalue weighted by atomic mass is 9.98. The Kier molecular flexibility index (Phi) is 7.61. The number of rotatable bonds is 8. The van der Waals surface area contributed by atoms with Crippen molar-refractivity contribution >= 4 is 14.4 Å². The number of amides is 1. The van der Waals surface area contributed by atoms with E-state index in [9.17, 15) is 18.7 Å². The van der Waals surface area contributed by atoms with Crippen molar-refractivity contribution in [3.05, 3.63) is 59.7 Å². The molecule has 33 heavy (non-hydrogen) atoms. The molecule has 2 N–H and O–H groups in total. The number of aliphatic hydroxyl groups excluding tert-OH is 1. The minimum atomic E-state index is -3.02. The molecule has 0 bridgehead atoms. The fourth-order valence-corrected chi connectivity index (χ4v) is 4.74. The number of benzene rings is 2. The van der Waals surface area contributed by atoms with E-state index in [0.29, 0.717) is 0 Å². The Bertz CT molecular complexity index is 931. The van der Waals surface area contributed by atoms with Crippen molar-refractivity contribution in [2.45, 2.75) is 63.4 Å². The van der Waals surface area contributed by atoms with E-state index in [1.807, 2.05) is 82.4 Å². The van der Waals surface area contributed by atoms with Crippen LogP contribution in [0.5, 0.6) is 0 Å². The first-order valence-corrected chi connectivity index (χ1v) is 14.0. The van der Waals surface area contributed by atoms with Gasteiger partial charge in [0.25, 0.3) is 6.43 Å². The number of ether oxygens (including phenoxy) is 1. The summed E-state index contributed by atoms with van der Waals surface area (Å²) >= 11 is 0. The molecular weight excluding hydrogens is 444 g/mol. The quantitative estimate of drug-likeness (QED) is 0.490. The minimum absolute atomic E-state index is 0.0560. The summed E-state index contributed by atoms with van der Waals surface area (Å²) in [7, 11) is -2.27. The summed E-state index contributed by atoms with van der Waals surface area (Å²) in [6, 6.07) is 14.6. The average molecular weight is 478 g/mol. The summed E-state index contributed by atoms with van der Waals surface area (Å²) in [5.41, 5.74) is 4.29. The number of aliphatic hydroxyl groups is 1. The summed E-state index contributed by atoms with van der Waals surface area (Å²) in [6.45, 7) is 9.87. The van der Waals surface area contributed by atoms with Crippen molar-refractivity contribution in [1.29, 1.82) is 0 Å². The highest BCUT2D eigenvalue weighted by atomic mass is 28.4. The molecule has 0 saturated carbocycles. The Morgan fingerprint density at radius 1 is 1.06 bits per heavy atom. The van der Waals surface area contributed by atoms with Crippen LogP contribution in [0.25, 0.3) is 11.1 Å². The molecule has 1 aliphatic carbocycles. The van der Waals surface area contributed by atoms with Crippen LogP contribution in [0.1, 0.15) is 37.8 Å². The SMILES string of the molecule is CC(C)(C)[Si](C)(C)OC[C@@H](NC(=O)OCC1c2ccccc2-c2ccccc21)[C@H](O)C(F)F. The van der Waals surface area contributed by atoms with Crippen LogP contribution in [0.2, 0.25) is 18.1 Å². The van der Waals surface area contributed by atoms with E-state index in [1.165, 1.54) is 0 Å². The fourth-order valence-electron chi connectivity index (χ4n) is 3.71. The molecule has 5 nitrogen and oxygen atoms in total. The Labute approximate surface area is 195 Å². The molecule has 0 aliphatic heterocycles. The standard InChI is InChI=1S/C25H33F2NO4Si/c1-25(2,3)33(4,5)32-15-21(22(29)23(26)27)28-24(30)31-14-20-18-12-8-6-10-16(18)17-11-7-9-13-19(17)20/h6-13,20-23,29H,14-15H2,1-5H3,(H,28,30)/t21-,22+/m1/s1. The molecule has 2 aromatic carbocycles. The summed E-state index contributed by atoms with van der Waals surface area (Å²) in [5, 5.41) is 12.2. The molecule has 0 unspecified atom stereocenters. The van der Waals surface area contributed by atoms with E-state index < -0.39 is 33.0 Å². The van der Waals surface area contributed by atoms with Crippen LogP contribution in [-0.2, 0) is 9.16 Å². The zero-order valence-corrected chi connectivity index (χ0v) is 20.8. The summed E-state index contributed by atoms with van der Waals surface area (Å²) in [5.74, 6) is -0.148. The largest absolute Gasteiger partial charge is 0.449 e. The number of halogens is 2. The zero-order chi connectivity index (χ0) is 24.4. The highest BCUT2D eigenvalue weighted by molar-refractivity contribution is 6.74. The number of carbonyl (C=O) groups is 1. The first-order chi connectivity index (χ1) is 15.4. The van der Waals surface area contributed by atoms with E-state index in [4.69, 9.17) is 9.16 Å². The third-order valence-corrected chi connectivity index (χ3v) is 11.2. The van der Waals surface area contributed by atoms with Gasteiger partial charge in [-0.05, 0) is 40.4 Å². The highest BCUT2D eigenvalue weighted by Gasteiger charge is 2.39. The van der Waals surface area contributed by atoms with Crippen molar-refractivity contribution < 1.29 is 27.8 Å². The number of carbonyl (C=O) groups excluding carboxylic acids is 1. The van der Waals surface area contributed by atoms with Crippen LogP contribution in [0, 0.1) is 0 Å². The summed E-state index contributed by atoms with van der Waals surface area (Å²) < 4.78 is 37.9. The predicted octanol–water partition coefficient (Wildman–Crippen LogP) is 5.54. The third kappa shape index (κ3) is 5.62. The molecule has 1 aliphatic rings. The molecule has 0 fully saturated rings. The molecule has 0 saturated heterocycles. The first kappa shape index (κ1) is 25.3. The van der Waals surface area contributed by atoms with Crippen molar-refractivity contribution in [1.82, 2.24) is 5.32 Å². The van der Waals surface area contributed by atoms with Gasteiger partial charge < -0.3 is 19.6 Å². The molecule has 0 spiro atoms. The van der Waals surface area contributed by atoms with Gasteiger partial charge in [0.1, 0.15) is 12.7 Å². The number of hydrogen-bond acceptors (Lipinski definition) is 4. The van der Waals surface area contributed by atoms with Gasteiger partial charge in [0.15, 0.2) is 8.32 Å². The van der Waals surface area contributed by atoms with Gasteiger partial charge in [-0.1, -0.05) is 69.3 Å². The van der Waals surface area contributed by atoms with Crippen LogP contribution in [0.15, 0.2) is 48.5 Å². The maximum Gasteiger partial charge on any atom is 0.407 e. The monoisotopic (exact) mass is 477 g/mol.